The summed E-state index contributed by atoms with van der Waals surface area (Å²) >= 11 is 3.05. The summed E-state index contributed by atoms with van der Waals surface area (Å²) in [4.78, 5) is 21.4. The van der Waals surface area contributed by atoms with Gasteiger partial charge in [-0.1, -0.05) is 0 Å². The molecule has 0 unspecified atom stereocenters. The predicted octanol–water partition coefficient (Wildman–Crippen LogP) is 0.296. The molecule has 1 aliphatic heterocycles. The Kier molecular flexibility index (Phi) is 1.62. The van der Waals surface area contributed by atoms with Crippen LogP contribution in [0.5, 0.6) is 0 Å². The summed E-state index contributed by atoms with van der Waals surface area (Å²) in [5.41, 5.74) is -0.0880. The van der Waals surface area contributed by atoms with Crippen molar-refractivity contribution in [1.29, 1.82) is 0 Å². The van der Waals surface area contributed by atoms with Gasteiger partial charge < -0.3 is 10.4 Å². The van der Waals surface area contributed by atoms with Crippen molar-refractivity contribution in [3.63, 3.8) is 0 Å². The summed E-state index contributed by atoms with van der Waals surface area (Å²) in [6.45, 7) is 0.0706. The van der Waals surface area contributed by atoms with Crippen LogP contribution in [0.2, 0.25) is 0 Å². The minimum Gasteiger partial charge on any atom is -0.476 e. The third kappa shape index (κ3) is 1.12. The van der Waals surface area contributed by atoms with Gasteiger partial charge >= 0.3 is 5.97 Å². The molecule has 0 aromatic carbocycles. The van der Waals surface area contributed by atoms with E-state index in [2.05, 4.69) is 26.3 Å². The maximum atomic E-state index is 10.9. The zero-order valence-electron chi connectivity index (χ0n) is 6.24. The van der Waals surface area contributed by atoms with Crippen molar-refractivity contribution in [3.8, 4) is 0 Å². The molecule has 0 radical (unpaired) electrons. The molecule has 0 fully saturated rings. The highest BCUT2D eigenvalue weighted by molar-refractivity contribution is 9.10. The van der Waals surface area contributed by atoms with E-state index in [0.29, 0.717) is 10.3 Å². The van der Waals surface area contributed by atoms with Crippen molar-refractivity contribution >= 4 is 33.6 Å². The molecule has 1 aliphatic rings. The van der Waals surface area contributed by atoms with Crippen LogP contribution in [-0.4, -0.2) is 26.8 Å². The van der Waals surface area contributed by atoms with Crippen LogP contribution in [0.15, 0.2) is 4.47 Å². The number of carbonyl (C=O) groups excluding carboxylic acids is 1. The van der Waals surface area contributed by atoms with Gasteiger partial charge in [-0.25, -0.2) is 9.48 Å². The number of hydrogen-bond donors (Lipinski definition) is 2. The fraction of sp³-hybridized carbons (Fsp3) is 0.167. The van der Waals surface area contributed by atoms with Gasteiger partial charge in [-0.05, 0) is 15.9 Å². The summed E-state index contributed by atoms with van der Waals surface area (Å²) in [6.07, 6.45) is 0. The first-order valence-electron chi connectivity index (χ1n) is 3.39. The molecule has 2 rings (SSSR count). The van der Waals surface area contributed by atoms with Crippen LogP contribution < -0.4 is 5.32 Å². The topological polar surface area (TPSA) is 84.2 Å². The number of nitrogens with one attached hydrogen (secondary N) is 1. The number of nitrogens with zero attached hydrogens (tertiary/aromatic N) is 2. The molecule has 7 heteroatoms. The number of amides is 1. The second kappa shape index (κ2) is 2.56. The maximum Gasteiger partial charge on any atom is 0.357 e. The van der Waals surface area contributed by atoms with Crippen LogP contribution >= 0.6 is 15.9 Å². The molecular weight excluding hydrogens is 242 g/mol. The quantitative estimate of drug-likeness (QED) is 0.746. The second-order valence-corrected chi connectivity index (χ2v) is 3.32. The average molecular weight is 246 g/mol. The van der Waals surface area contributed by atoms with E-state index >= 15 is 0 Å². The van der Waals surface area contributed by atoms with Crippen molar-refractivity contribution in [2.75, 3.05) is 5.32 Å². The average Bonchev–Trinajstić information content (AvgIpc) is 2.51. The van der Waals surface area contributed by atoms with Crippen molar-refractivity contribution in [3.05, 3.63) is 10.2 Å². The third-order valence-electron chi connectivity index (χ3n) is 1.65. The van der Waals surface area contributed by atoms with Crippen molar-refractivity contribution in [2.45, 2.75) is 6.54 Å². The molecule has 6 nitrogen and oxygen atoms in total. The van der Waals surface area contributed by atoms with Gasteiger partial charge in [0.2, 0.25) is 5.91 Å². The molecule has 0 bridgehead atoms. The molecule has 0 saturated heterocycles. The Morgan fingerprint density at radius 1 is 1.69 bits per heavy atom. The summed E-state index contributed by atoms with van der Waals surface area (Å²) in [5.74, 6) is -0.912. The SMILES string of the molecule is O=C1Cn2nc(C(=O)O)c(Br)c2N1. The lowest BCUT2D eigenvalue weighted by atomic mass is 10.4. The fourth-order valence-corrected chi connectivity index (χ4v) is 1.67. The standard InChI is InChI=1S/C6H4BrN3O3/c7-3-4(6(12)13)9-10-1-2(11)8-5(3)10/h1H2,(H,8,11)(H,12,13). The molecule has 2 N–H and O–H groups in total. The predicted molar refractivity (Wildman–Crippen MR) is 45.5 cm³/mol. The van der Waals surface area contributed by atoms with Crippen molar-refractivity contribution in [2.24, 2.45) is 0 Å². The number of aromatic nitrogens is 2. The van der Waals surface area contributed by atoms with Crippen LogP contribution in [0, 0.1) is 0 Å². The number of carboxylic acids is 1. The highest BCUT2D eigenvalue weighted by Gasteiger charge is 2.27. The van der Waals surface area contributed by atoms with E-state index in [1.54, 1.807) is 0 Å². The van der Waals surface area contributed by atoms with Gasteiger partial charge in [0.1, 0.15) is 12.4 Å². The summed E-state index contributed by atoms with van der Waals surface area (Å²) in [6, 6.07) is 0. The van der Waals surface area contributed by atoms with Crippen LogP contribution in [0.3, 0.4) is 0 Å². The molecule has 1 aromatic rings. The molecule has 0 aliphatic carbocycles. The molecule has 1 aromatic heterocycles. The van der Waals surface area contributed by atoms with Crippen LogP contribution in [0.1, 0.15) is 10.5 Å². The first kappa shape index (κ1) is 8.24. The number of rotatable bonds is 1. The Bertz CT molecular complexity index is 412. The molecule has 0 atom stereocenters. The Labute approximate surface area is 80.7 Å². The number of hydrogen-bond acceptors (Lipinski definition) is 3. The lowest BCUT2D eigenvalue weighted by molar-refractivity contribution is -0.116. The molecule has 0 saturated carbocycles. The largest absolute Gasteiger partial charge is 0.476 e. The molecular formula is C6H4BrN3O3. The zero-order chi connectivity index (χ0) is 9.59. The highest BCUT2D eigenvalue weighted by Crippen LogP contribution is 2.29. The lowest BCUT2D eigenvalue weighted by Gasteiger charge is -1.91. The molecule has 2 heterocycles. The number of carboxylic acid groups (broad SMARTS) is 1. The second-order valence-electron chi connectivity index (χ2n) is 2.52. The van der Waals surface area contributed by atoms with Crippen LogP contribution in [-0.2, 0) is 11.3 Å². The van der Waals surface area contributed by atoms with E-state index < -0.39 is 5.97 Å². The summed E-state index contributed by atoms with van der Waals surface area (Å²) in [7, 11) is 0. The normalized spacial score (nSPS) is 14.1. The van der Waals surface area contributed by atoms with Crippen LogP contribution in [0.25, 0.3) is 0 Å². The fourth-order valence-electron chi connectivity index (χ4n) is 1.12. The molecule has 13 heavy (non-hydrogen) atoms. The summed E-state index contributed by atoms with van der Waals surface area (Å²) in [5, 5.41) is 14.9. The van der Waals surface area contributed by atoms with Gasteiger partial charge in [-0.3, -0.25) is 4.79 Å². The Morgan fingerprint density at radius 2 is 2.38 bits per heavy atom. The highest BCUT2D eigenvalue weighted by atomic mass is 79.9. The van der Waals surface area contributed by atoms with Gasteiger partial charge in [0.15, 0.2) is 5.69 Å². The molecule has 0 spiro atoms. The Hall–Kier alpha value is -1.37. The number of fused-ring (bicyclic) bond motifs is 1. The number of halogens is 1. The smallest absolute Gasteiger partial charge is 0.357 e. The minimum absolute atomic E-state index is 0.0706. The van der Waals surface area contributed by atoms with E-state index in [9.17, 15) is 9.59 Å². The minimum atomic E-state index is -1.12. The van der Waals surface area contributed by atoms with Gasteiger partial charge in [0.05, 0.1) is 4.47 Å². The van der Waals surface area contributed by atoms with Crippen LogP contribution in [0.4, 0.5) is 5.82 Å². The van der Waals surface area contributed by atoms with Crippen molar-refractivity contribution in [1.82, 2.24) is 9.78 Å². The molecule has 68 valence electrons. The summed E-state index contributed by atoms with van der Waals surface area (Å²) < 4.78 is 1.63. The van der Waals surface area contributed by atoms with Gasteiger partial charge in [-0.2, -0.15) is 5.10 Å². The van der Waals surface area contributed by atoms with E-state index in [4.69, 9.17) is 5.11 Å². The lowest BCUT2D eigenvalue weighted by Crippen LogP contribution is -2.09. The number of anilines is 1. The third-order valence-corrected chi connectivity index (χ3v) is 2.40. The van der Waals surface area contributed by atoms with E-state index in [-0.39, 0.29) is 18.1 Å². The van der Waals surface area contributed by atoms with Gasteiger partial charge in [0, 0.05) is 0 Å². The Balaban J connectivity index is 2.53. The van der Waals surface area contributed by atoms with E-state index in [1.165, 1.54) is 4.68 Å². The first-order valence-corrected chi connectivity index (χ1v) is 4.18. The van der Waals surface area contributed by atoms with E-state index in [1.807, 2.05) is 0 Å². The molecule has 1 amide bonds. The maximum absolute atomic E-state index is 10.9. The number of aromatic carboxylic acids is 1. The van der Waals surface area contributed by atoms with Gasteiger partial charge in [-0.15, -0.1) is 0 Å². The number of carbonyl (C=O) groups is 2. The first-order chi connectivity index (χ1) is 6.09. The van der Waals surface area contributed by atoms with Crippen molar-refractivity contribution < 1.29 is 14.7 Å². The monoisotopic (exact) mass is 245 g/mol. The Morgan fingerprint density at radius 3 is 2.92 bits per heavy atom. The zero-order valence-corrected chi connectivity index (χ0v) is 7.83. The van der Waals surface area contributed by atoms with E-state index in [0.717, 1.165) is 0 Å². The van der Waals surface area contributed by atoms with Gasteiger partial charge in [0.25, 0.3) is 0 Å².